The maximum absolute atomic E-state index is 12.1. The summed E-state index contributed by atoms with van der Waals surface area (Å²) in [5, 5.41) is 19.7. The van der Waals surface area contributed by atoms with Gasteiger partial charge in [0.1, 0.15) is 17.4 Å². The molecule has 2 aromatic rings. The lowest BCUT2D eigenvalue weighted by Gasteiger charge is -2.32. The molecular formula is C19H21BN2O4. The molecule has 1 aliphatic rings. The van der Waals surface area contributed by atoms with Crippen molar-refractivity contribution in [3.8, 4) is 22.9 Å². The fraction of sp³-hybridized carbons (Fsp3) is 0.368. The van der Waals surface area contributed by atoms with Gasteiger partial charge in [0, 0.05) is 16.7 Å². The maximum atomic E-state index is 12.1. The van der Waals surface area contributed by atoms with Crippen molar-refractivity contribution in [1.29, 1.82) is 5.26 Å². The Labute approximate surface area is 152 Å². The van der Waals surface area contributed by atoms with Gasteiger partial charge < -0.3 is 19.4 Å². The normalized spacial score (nSPS) is 17.9. The maximum Gasteiger partial charge on any atom is 0.498 e. The third-order valence-corrected chi connectivity index (χ3v) is 5.13. The molecule has 2 heterocycles. The summed E-state index contributed by atoms with van der Waals surface area (Å²) in [4.78, 5) is 14.7. The molecule has 0 saturated carbocycles. The highest BCUT2D eigenvalue weighted by Crippen LogP contribution is 2.37. The Morgan fingerprint density at radius 1 is 1.15 bits per heavy atom. The van der Waals surface area contributed by atoms with Crippen LogP contribution in [0.15, 0.2) is 29.1 Å². The van der Waals surface area contributed by atoms with Gasteiger partial charge in [-0.1, -0.05) is 12.1 Å². The Morgan fingerprint density at radius 3 is 2.35 bits per heavy atom. The van der Waals surface area contributed by atoms with Gasteiger partial charge in [-0.3, -0.25) is 4.79 Å². The summed E-state index contributed by atoms with van der Waals surface area (Å²) < 4.78 is 12.0. The first-order chi connectivity index (χ1) is 12.1. The molecule has 1 fully saturated rings. The molecule has 0 amide bonds. The minimum atomic E-state index is -0.742. The molecule has 0 atom stereocenters. The first kappa shape index (κ1) is 18.2. The van der Waals surface area contributed by atoms with Gasteiger partial charge in [0.15, 0.2) is 0 Å². The van der Waals surface area contributed by atoms with E-state index in [0.717, 1.165) is 0 Å². The zero-order valence-corrected chi connectivity index (χ0v) is 15.5. The van der Waals surface area contributed by atoms with E-state index >= 15 is 0 Å². The first-order valence-electron chi connectivity index (χ1n) is 8.39. The highest BCUT2D eigenvalue weighted by Gasteiger charge is 2.52. The van der Waals surface area contributed by atoms with Crippen LogP contribution in [-0.2, 0) is 9.31 Å². The monoisotopic (exact) mass is 352 g/mol. The number of hydrogen-bond donors (Lipinski definition) is 2. The minimum absolute atomic E-state index is 0.0289. The van der Waals surface area contributed by atoms with Crippen LogP contribution in [0.5, 0.6) is 5.75 Å². The lowest BCUT2D eigenvalue weighted by Crippen LogP contribution is -2.41. The smallest absolute Gasteiger partial charge is 0.498 e. The Hall–Kier alpha value is -2.56. The summed E-state index contributed by atoms with van der Waals surface area (Å²) >= 11 is 0. The number of aryl methyl sites for hydroxylation is 1. The zero-order chi connectivity index (χ0) is 19.3. The standard InChI is InChI=1S/C19H21BN2O4/c1-11-8-13(14(10-21)17(24)22-11)12-6-7-16(23)15(9-12)20-25-18(2,3)19(4,5)26-20/h6-9,23H,1-5H3,(H,22,24). The quantitative estimate of drug-likeness (QED) is 0.808. The lowest BCUT2D eigenvalue weighted by atomic mass is 9.77. The van der Waals surface area contributed by atoms with Crippen LogP contribution in [0.3, 0.4) is 0 Å². The Balaban J connectivity index is 2.12. The van der Waals surface area contributed by atoms with Gasteiger partial charge in [-0.05, 0) is 52.3 Å². The number of hydrogen-bond acceptors (Lipinski definition) is 5. The number of nitrogens with one attached hydrogen (secondary N) is 1. The number of H-pyrrole nitrogens is 1. The molecule has 134 valence electrons. The molecule has 1 aliphatic heterocycles. The number of aromatic amines is 1. The van der Waals surface area contributed by atoms with Crippen LogP contribution in [0, 0.1) is 18.3 Å². The summed E-state index contributed by atoms with van der Waals surface area (Å²) in [6, 6.07) is 8.58. The summed E-state index contributed by atoms with van der Waals surface area (Å²) in [6.45, 7) is 9.48. The van der Waals surface area contributed by atoms with Crippen LogP contribution in [0.4, 0.5) is 0 Å². The van der Waals surface area contributed by atoms with E-state index in [2.05, 4.69) is 4.98 Å². The molecule has 26 heavy (non-hydrogen) atoms. The Bertz CT molecular complexity index is 956. The van der Waals surface area contributed by atoms with Crippen LogP contribution >= 0.6 is 0 Å². The van der Waals surface area contributed by atoms with Crippen molar-refractivity contribution in [3.63, 3.8) is 0 Å². The van der Waals surface area contributed by atoms with Crippen molar-refractivity contribution in [2.45, 2.75) is 45.8 Å². The molecule has 0 spiro atoms. The van der Waals surface area contributed by atoms with E-state index in [4.69, 9.17) is 9.31 Å². The van der Waals surface area contributed by atoms with Crippen molar-refractivity contribution in [1.82, 2.24) is 4.98 Å². The second-order valence-corrected chi connectivity index (χ2v) is 7.54. The fourth-order valence-electron chi connectivity index (χ4n) is 2.91. The molecule has 1 aromatic carbocycles. The predicted octanol–water partition coefficient (Wildman–Crippen LogP) is 2.23. The topological polar surface area (TPSA) is 95.3 Å². The van der Waals surface area contributed by atoms with Gasteiger partial charge in [-0.15, -0.1) is 0 Å². The zero-order valence-electron chi connectivity index (χ0n) is 15.5. The number of nitriles is 1. The third-order valence-electron chi connectivity index (χ3n) is 5.13. The number of nitrogens with zero attached hydrogens (tertiary/aromatic N) is 1. The molecule has 6 nitrogen and oxygen atoms in total. The first-order valence-corrected chi connectivity index (χ1v) is 8.39. The molecule has 1 aromatic heterocycles. The Morgan fingerprint density at radius 2 is 1.77 bits per heavy atom. The van der Waals surface area contributed by atoms with Crippen molar-refractivity contribution >= 4 is 12.6 Å². The molecule has 7 heteroatoms. The van der Waals surface area contributed by atoms with Crippen molar-refractivity contribution < 1.29 is 14.4 Å². The van der Waals surface area contributed by atoms with Gasteiger partial charge in [0.25, 0.3) is 5.56 Å². The van der Waals surface area contributed by atoms with E-state index in [1.54, 1.807) is 25.1 Å². The van der Waals surface area contributed by atoms with Gasteiger partial charge >= 0.3 is 7.12 Å². The van der Waals surface area contributed by atoms with Crippen LogP contribution in [0.1, 0.15) is 39.0 Å². The summed E-state index contributed by atoms with van der Waals surface area (Å²) in [5.74, 6) is 0.0346. The largest absolute Gasteiger partial charge is 0.508 e. The van der Waals surface area contributed by atoms with Crippen molar-refractivity contribution in [3.05, 3.63) is 45.9 Å². The van der Waals surface area contributed by atoms with Crippen LogP contribution in [-0.4, -0.2) is 28.4 Å². The summed E-state index contributed by atoms with van der Waals surface area (Å²) in [5.41, 5.74) is 0.757. The van der Waals surface area contributed by atoms with Gasteiger partial charge in [-0.2, -0.15) is 5.26 Å². The second kappa shape index (κ2) is 6.01. The highest BCUT2D eigenvalue weighted by molar-refractivity contribution is 6.63. The second-order valence-electron chi connectivity index (χ2n) is 7.54. The van der Waals surface area contributed by atoms with Crippen molar-refractivity contribution in [2.24, 2.45) is 0 Å². The number of rotatable bonds is 2. The van der Waals surface area contributed by atoms with Gasteiger partial charge in [0.2, 0.25) is 0 Å². The molecule has 0 unspecified atom stereocenters. The van der Waals surface area contributed by atoms with E-state index in [1.807, 2.05) is 33.8 Å². The van der Waals surface area contributed by atoms with E-state index in [1.165, 1.54) is 6.07 Å². The van der Waals surface area contributed by atoms with Crippen molar-refractivity contribution in [2.75, 3.05) is 0 Å². The van der Waals surface area contributed by atoms with Gasteiger partial charge in [-0.25, -0.2) is 0 Å². The van der Waals surface area contributed by atoms with Crippen LogP contribution in [0.25, 0.3) is 11.1 Å². The summed E-state index contributed by atoms with van der Waals surface area (Å²) in [7, 11) is -0.742. The van der Waals surface area contributed by atoms with E-state index in [-0.39, 0.29) is 11.3 Å². The number of phenols is 1. The molecule has 2 N–H and O–H groups in total. The Kier molecular flexibility index (Phi) is 4.22. The number of benzene rings is 1. The predicted molar refractivity (Wildman–Crippen MR) is 99.3 cm³/mol. The molecule has 1 saturated heterocycles. The number of phenolic OH excluding ortho intramolecular Hbond substituents is 1. The molecular weight excluding hydrogens is 331 g/mol. The average molecular weight is 352 g/mol. The highest BCUT2D eigenvalue weighted by atomic mass is 16.7. The third kappa shape index (κ3) is 2.92. The number of pyridine rings is 1. The van der Waals surface area contributed by atoms with E-state index in [9.17, 15) is 15.2 Å². The van der Waals surface area contributed by atoms with Crippen LogP contribution < -0.4 is 11.0 Å². The van der Waals surface area contributed by atoms with E-state index < -0.39 is 23.9 Å². The SMILES string of the molecule is Cc1cc(-c2ccc(O)c(B3OC(C)(C)C(C)(C)O3)c2)c(C#N)c(=O)[nH]1. The summed E-state index contributed by atoms with van der Waals surface area (Å²) in [6.07, 6.45) is 0. The molecule has 0 aliphatic carbocycles. The number of aromatic nitrogens is 1. The van der Waals surface area contributed by atoms with E-state index in [0.29, 0.717) is 22.3 Å². The average Bonchev–Trinajstić information content (AvgIpc) is 2.75. The lowest BCUT2D eigenvalue weighted by molar-refractivity contribution is 0.00578. The fourth-order valence-corrected chi connectivity index (χ4v) is 2.91. The molecule has 3 rings (SSSR count). The molecule has 0 bridgehead atoms. The van der Waals surface area contributed by atoms with Crippen LogP contribution in [0.2, 0.25) is 0 Å². The minimum Gasteiger partial charge on any atom is -0.508 e. The van der Waals surface area contributed by atoms with Gasteiger partial charge in [0.05, 0.1) is 11.2 Å². The number of aromatic hydroxyl groups is 1. The molecule has 0 radical (unpaired) electrons.